The first kappa shape index (κ1) is 13.5. The van der Waals surface area contributed by atoms with Crippen molar-refractivity contribution in [3.8, 4) is 5.69 Å². The summed E-state index contributed by atoms with van der Waals surface area (Å²) >= 11 is 0. The number of nitrogens with two attached hydrogens (primary N) is 1. The van der Waals surface area contributed by atoms with E-state index in [1.807, 2.05) is 29.0 Å². The number of rotatable bonds is 1. The lowest BCUT2D eigenvalue weighted by Gasteiger charge is -2.13. The van der Waals surface area contributed by atoms with E-state index in [9.17, 15) is 13.2 Å². The largest absolute Gasteiger partial charge is 0.416 e. The molecule has 0 fully saturated rings. The predicted octanol–water partition coefficient (Wildman–Crippen LogP) is 4.54. The van der Waals surface area contributed by atoms with Gasteiger partial charge in [-0.3, -0.25) is 0 Å². The molecule has 0 spiro atoms. The zero-order valence-electron chi connectivity index (χ0n) is 11.3. The summed E-state index contributed by atoms with van der Waals surface area (Å²) in [4.78, 5) is 0. The first-order chi connectivity index (χ1) is 9.86. The number of hydrogen-bond donors (Lipinski definition) is 1. The van der Waals surface area contributed by atoms with Crippen molar-refractivity contribution in [1.82, 2.24) is 4.57 Å². The molecule has 0 aliphatic carbocycles. The molecule has 0 saturated carbocycles. The summed E-state index contributed by atoms with van der Waals surface area (Å²) in [5, 5.41) is 0.953. The zero-order valence-corrected chi connectivity index (χ0v) is 11.3. The van der Waals surface area contributed by atoms with E-state index >= 15 is 0 Å². The van der Waals surface area contributed by atoms with Gasteiger partial charge in [0.25, 0.3) is 0 Å². The van der Waals surface area contributed by atoms with Crippen LogP contribution in [0.1, 0.15) is 11.1 Å². The number of alkyl halides is 3. The second-order valence-electron chi connectivity index (χ2n) is 5.00. The molecule has 1 heterocycles. The van der Waals surface area contributed by atoms with E-state index in [2.05, 4.69) is 0 Å². The van der Waals surface area contributed by atoms with Crippen LogP contribution in [0.15, 0.2) is 48.7 Å². The molecular weight excluding hydrogens is 277 g/mol. The third-order valence-corrected chi connectivity index (χ3v) is 3.50. The van der Waals surface area contributed by atoms with Crippen LogP contribution in [0.2, 0.25) is 0 Å². The fourth-order valence-corrected chi connectivity index (χ4v) is 2.47. The minimum atomic E-state index is -4.32. The summed E-state index contributed by atoms with van der Waals surface area (Å²) in [5.41, 5.74) is 7.96. The summed E-state index contributed by atoms with van der Waals surface area (Å²) in [6, 6.07) is 11.1. The van der Waals surface area contributed by atoms with Crippen molar-refractivity contribution in [1.29, 1.82) is 0 Å². The molecule has 3 aromatic rings. The van der Waals surface area contributed by atoms with Crippen LogP contribution in [0.25, 0.3) is 16.6 Å². The lowest BCUT2D eigenvalue weighted by atomic mass is 10.1. The number of aryl methyl sites for hydroxylation is 1. The average molecular weight is 290 g/mol. The van der Waals surface area contributed by atoms with Crippen LogP contribution in [0.5, 0.6) is 0 Å². The van der Waals surface area contributed by atoms with Crippen molar-refractivity contribution >= 4 is 16.6 Å². The fraction of sp³-hybridized carbons (Fsp3) is 0.125. The van der Waals surface area contributed by atoms with Crippen LogP contribution >= 0.6 is 0 Å². The lowest BCUT2D eigenvalue weighted by Crippen LogP contribution is -2.06. The van der Waals surface area contributed by atoms with E-state index in [0.717, 1.165) is 22.7 Å². The topological polar surface area (TPSA) is 30.9 Å². The molecule has 0 bridgehead atoms. The fourth-order valence-electron chi connectivity index (χ4n) is 2.47. The van der Waals surface area contributed by atoms with Gasteiger partial charge in [0.1, 0.15) is 0 Å². The Balaban J connectivity index is 2.15. The van der Waals surface area contributed by atoms with E-state index < -0.39 is 11.7 Å². The van der Waals surface area contributed by atoms with Gasteiger partial charge >= 0.3 is 6.18 Å². The number of halogens is 3. The molecule has 2 nitrogen and oxygen atoms in total. The third-order valence-electron chi connectivity index (χ3n) is 3.50. The van der Waals surface area contributed by atoms with Crippen molar-refractivity contribution in [3.63, 3.8) is 0 Å². The standard InChI is InChI=1S/C16H13F3N2/c1-10-8-12(16(17,18)19)2-4-14(10)21-7-6-11-9-13(20)3-5-15(11)21/h2-9H,20H2,1H3. The molecule has 0 amide bonds. The van der Waals surface area contributed by atoms with Gasteiger partial charge in [-0.25, -0.2) is 0 Å². The minimum absolute atomic E-state index is 0.569. The molecule has 5 heteroatoms. The molecule has 0 aliphatic rings. The highest BCUT2D eigenvalue weighted by molar-refractivity contribution is 5.85. The van der Waals surface area contributed by atoms with Gasteiger partial charge in [0.2, 0.25) is 0 Å². The quantitative estimate of drug-likeness (QED) is 0.655. The van der Waals surface area contributed by atoms with Gasteiger partial charge in [0, 0.05) is 23.0 Å². The Morgan fingerprint density at radius 2 is 1.76 bits per heavy atom. The maximum absolute atomic E-state index is 12.7. The molecule has 108 valence electrons. The molecule has 0 aliphatic heterocycles. The molecule has 0 atom stereocenters. The molecule has 3 rings (SSSR count). The Labute approximate surface area is 119 Å². The third kappa shape index (κ3) is 2.35. The van der Waals surface area contributed by atoms with Crippen molar-refractivity contribution in [2.24, 2.45) is 0 Å². The minimum Gasteiger partial charge on any atom is -0.399 e. The van der Waals surface area contributed by atoms with Gasteiger partial charge in [0.15, 0.2) is 0 Å². The normalized spacial score (nSPS) is 12.0. The van der Waals surface area contributed by atoms with Gasteiger partial charge in [-0.2, -0.15) is 13.2 Å². The van der Waals surface area contributed by atoms with E-state index in [1.54, 1.807) is 13.0 Å². The molecule has 21 heavy (non-hydrogen) atoms. The maximum Gasteiger partial charge on any atom is 0.416 e. The van der Waals surface area contributed by atoms with Gasteiger partial charge in [0.05, 0.1) is 11.1 Å². The number of hydrogen-bond acceptors (Lipinski definition) is 1. The smallest absolute Gasteiger partial charge is 0.399 e. The Bertz CT molecular complexity index is 816. The molecule has 0 radical (unpaired) electrons. The van der Waals surface area contributed by atoms with E-state index in [0.29, 0.717) is 11.3 Å². The lowest BCUT2D eigenvalue weighted by molar-refractivity contribution is -0.137. The van der Waals surface area contributed by atoms with E-state index in [4.69, 9.17) is 5.73 Å². The zero-order chi connectivity index (χ0) is 15.2. The predicted molar refractivity (Wildman–Crippen MR) is 77.4 cm³/mol. The van der Waals surface area contributed by atoms with Crippen LogP contribution in [-0.2, 0) is 6.18 Å². The Hall–Kier alpha value is -2.43. The average Bonchev–Trinajstić information content (AvgIpc) is 2.80. The Kier molecular flexibility index (Phi) is 2.93. The van der Waals surface area contributed by atoms with Crippen LogP contribution in [0.4, 0.5) is 18.9 Å². The van der Waals surface area contributed by atoms with E-state index in [1.165, 1.54) is 12.1 Å². The number of fused-ring (bicyclic) bond motifs is 1. The number of nitrogens with zero attached hydrogens (tertiary/aromatic N) is 1. The molecule has 2 N–H and O–H groups in total. The number of anilines is 1. The van der Waals surface area contributed by atoms with Crippen LogP contribution in [0, 0.1) is 6.92 Å². The van der Waals surface area contributed by atoms with Crippen molar-refractivity contribution in [2.45, 2.75) is 13.1 Å². The van der Waals surface area contributed by atoms with Gasteiger partial charge < -0.3 is 10.3 Å². The van der Waals surface area contributed by atoms with Crippen molar-refractivity contribution in [3.05, 3.63) is 59.8 Å². The maximum atomic E-state index is 12.7. The first-order valence-electron chi connectivity index (χ1n) is 6.41. The van der Waals surface area contributed by atoms with Gasteiger partial charge in [-0.15, -0.1) is 0 Å². The van der Waals surface area contributed by atoms with Crippen molar-refractivity contribution < 1.29 is 13.2 Å². The second-order valence-corrected chi connectivity index (χ2v) is 5.00. The summed E-state index contributed by atoms with van der Waals surface area (Å²) in [5.74, 6) is 0. The highest BCUT2D eigenvalue weighted by atomic mass is 19.4. The summed E-state index contributed by atoms with van der Waals surface area (Å²) in [6.45, 7) is 1.67. The molecule has 1 aromatic heterocycles. The van der Waals surface area contributed by atoms with Crippen molar-refractivity contribution in [2.75, 3.05) is 5.73 Å². The van der Waals surface area contributed by atoms with Crippen LogP contribution < -0.4 is 5.73 Å². The number of nitrogen functional groups attached to an aromatic ring is 1. The monoisotopic (exact) mass is 290 g/mol. The molecular formula is C16H13F3N2. The first-order valence-corrected chi connectivity index (χ1v) is 6.41. The highest BCUT2D eigenvalue weighted by Gasteiger charge is 2.30. The van der Waals surface area contributed by atoms with Crippen LogP contribution in [0.3, 0.4) is 0 Å². The SMILES string of the molecule is Cc1cc(C(F)(F)F)ccc1-n1ccc2cc(N)ccc21. The molecule has 0 unspecified atom stereocenters. The number of aromatic nitrogens is 1. The highest BCUT2D eigenvalue weighted by Crippen LogP contribution is 2.32. The summed E-state index contributed by atoms with van der Waals surface area (Å²) < 4.78 is 40.0. The van der Waals surface area contributed by atoms with E-state index in [-0.39, 0.29) is 0 Å². The summed E-state index contributed by atoms with van der Waals surface area (Å²) in [6.07, 6.45) is -2.49. The summed E-state index contributed by atoms with van der Waals surface area (Å²) in [7, 11) is 0. The molecule has 2 aromatic carbocycles. The van der Waals surface area contributed by atoms with Gasteiger partial charge in [-0.1, -0.05) is 0 Å². The molecule has 0 saturated heterocycles. The van der Waals surface area contributed by atoms with Gasteiger partial charge in [-0.05, 0) is 55.0 Å². The van der Waals surface area contributed by atoms with Crippen LogP contribution in [-0.4, -0.2) is 4.57 Å². The second kappa shape index (κ2) is 4.55. The Morgan fingerprint density at radius 1 is 1.00 bits per heavy atom. The Morgan fingerprint density at radius 3 is 2.43 bits per heavy atom. The number of benzene rings is 2.